The Morgan fingerprint density at radius 1 is 0.711 bits per heavy atom. The van der Waals surface area contributed by atoms with Crippen molar-refractivity contribution in [3.8, 4) is 11.5 Å². The van der Waals surface area contributed by atoms with Gasteiger partial charge in [-0.2, -0.15) is 0 Å². The Bertz CT molecular complexity index is 1270. The summed E-state index contributed by atoms with van der Waals surface area (Å²) in [5.74, 6) is 0.454. The lowest BCUT2D eigenvalue weighted by molar-refractivity contribution is -0.134. The lowest BCUT2D eigenvalue weighted by atomic mass is 9.97. The van der Waals surface area contributed by atoms with E-state index < -0.39 is 17.5 Å². The first-order valence-electron chi connectivity index (χ1n) is 12.2. The van der Waals surface area contributed by atoms with Gasteiger partial charge in [-0.25, -0.2) is 4.79 Å². The summed E-state index contributed by atoms with van der Waals surface area (Å²) in [6, 6.07) is 22.2. The molecule has 3 aromatic carbocycles. The second-order valence-corrected chi connectivity index (χ2v) is 9.46. The number of rotatable bonds is 10. The van der Waals surface area contributed by atoms with Crippen molar-refractivity contribution in [1.29, 1.82) is 0 Å². The van der Waals surface area contributed by atoms with Gasteiger partial charge in [0.15, 0.2) is 0 Å². The Kier molecular flexibility index (Phi) is 9.52. The van der Waals surface area contributed by atoms with E-state index in [2.05, 4.69) is 0 Å². The molecule has 0 saturated heterocycles. The van der Waals surface area contributed by atoms with E-state index in [1.54, 1.807) is 39.2 Å². The van der Waals surface area contributed by atoms with Crippen LogP contribution in [0.25, 0.3) is 18.2 Å². The SMILES string of the molecule is COC(C)(C)Oc1ccc(C=CC=Cc2ccc(OC(=O)OC(C)(C)c3ccc(C=CO)cc3)cc2)cc1. The van der Waals surface area contributed by atoms with Crippen LogP contribution in [0.1, 0.15) is 49.9 Å². The number of ether oxygens (including phenoxy) is 4. The monoisotopic (exact) mass is 514 g/mol. The minimum Gasteiger partial charge on any atom is -0.516 e. The predicted octanol–water partition coefficient (Wildman–Crippen LogP) is 8.15. The molecule has 0 aliphatic rings. The molecule has 0 saturated carbocycles. The van der Waals surface area contributed by atoms with Gasteiger partial charge in [-0.1, -0.05) is 72.8 Å². The molecule has 6 heteroatoms. The van der Waals surface area contributed by atoms with E-state index in [1.165, 1.54) is 0 Å². The van der Waals surface area contributed by atoms with Gasteiger partial charge < -0.3 is 24.1 Å². The molecule has 0 unspecified atom stereocenters. The largest absolute Gasteiger partial charge is 0.516 e. The molecule has 0 aliphatic heterocycles. The summed E-state index contributed by atoms with van der Waals surface area (Å²) in [6.45, 7) is 7.29. The molecule has 0 aliphatic carbocycles. The second kappa shape index (κ2) is 12.8. The first-order chi connectivity index (χ1) is 18.1. The molecule has 0 fully saturated rings. The average Bonchev–Trinajstić information content (AvgIpc) is 2.88. The molecule has 198 valence electrons. The molecule has 3 aromatic rings. The Morgan fingerprint density at radius 2 is 1.18 bits per heavy atom. The van der Waals surface area contributed by atoms with Crippen molar-refractivity contribution in [2.24, 2.45) is 0 Å². The first-order valence-corrected chi connectivity index (χ1v) is 12.2. The highest BCUT2D eigenvalue weighted by molar-refractivity contribution is 5.65. The molecule has 0 radical (unpaired) electrons. The third-order valence-electron chi connectivity index (χ3n) is 5.72. The fourth-order valence-corrected chi connectivity index (χ4v) is 3.42. The number of allylic oxidation sites excluding steroid dienone is 2. The van der Waals surface area contributed by atoms with Crippen molar-refractivity contribution in [1.82, 2.24) is 0 Å². The molecule has 38 heavy (non-hydrogen) atoms. The summed E-state index contributed by atoms with van der Waals surface area (Å²) in [5, 5.41) is 8.88. The zero-order chi connectivity index (χ0) is 27.6. The summed E-state index contributed by atoms with van der Waals surface area (Å²) < 4.78 is 22.0. The van der Waals surface area contributed by atoms with Gasteiger partial charge in [-0.05, 0) is 66.4 Å². The highest BCUT2D eigenvalue weighted by Crippen LogP contribution is 2.26. The van der Waals surface area contributed by atoms with Crippen LogP contribution in [0.4, 0.5) is 4.79 Å². The molecular weight excluding hydrogens is 480 g/mol. The second-order valence-electron chi connectivity index (χ2n) is 9.46. The van der Waals surface area contributed by atoms with Crippen molar-refractivity contribution in [3.05, 3.63) is 113 Å². The number of methoxy groups -OCH3 is 1. The van der Waals surface area contributed by atoms with Crippen molar-refractivity contribution in [3.63, 3.8) is 0 Å². The van der Waals surface area contributed by atoms with Crippen LogP contribution >= 0.6 is 0 Å². The Balaban J connectivity index is 1.51. The van der Waals surface area contributed by atoms with Crippen LogP contribution in [0.2, 0.25) is 0 Å². The predicted molar refractivity (Wildman–Crippen MR) is 151 cm³/mol. The molecular formula is C32H34O6. The molecule has 0 amide bonds. The van der Waals surface area contributed by atoms with E-state index in [-0.39, 0.29) is 0 Å². The molecule has 6 nitrogen and oxygen atoms in total. The molecule has 0 bridgehead atoms. The van der Waals surface area contributed by atoms with Crippen molar-refractivity contribution >= 4 is 24.4 Å². The van der Waals surface area contributed by atoms with Gasteiger partial charge in [0.25, 0.3) is 0 Å². The van der Waals surface area contributed by atoms with Crippen LogP contribution in [0, 0.1) is 0 Å². The maximum Gasteiger partial charge on any atom is 0.514 e. The summed E-state index contributed by atoms with van der Waals surface area (Å²) >= 11 is 0. The van der Waals surface area contributed by atoms with E-state index in [9.17, 15) is 4.79 Å². The van der Waals surface area contributed by atoms with E-state index in [0.717, 1.165) is 34.3 Å². The fraction of sp³-hybridized carbons (Fsp3) is 0.219. The van der Waals surface area contributed by atoms with Gasteiger partial charge >= 0.3 is 6.16 Å². The maximum atomic E-state index is 12.4. The number of hydrogen-bond donors (Lipinski definition) is 1. The number of carbonyl (C=O) groups excluding carboxylic acids is 1. The summed E-state index contributed by atoms with van der Waals surface area (Å²) in [4.78, 5) is 12.4. The molecule has 0 aromatic heterocycles. The molecule has 0 heterocycles. The Labute approximate surface area is 224 Å². The van der Waals surface area contributed by atoms with E-state index >= 15 is 0 Å². The average molecular weight is 515 g/mol. The third kappa shape index (κ3) is 8.68. The summed E-state index contributed by atoms with van der Waals surface area (Å²) in [5.41, 5.74) is 2.75. The van der Waals surface area contributed by atoms with Gasteiger partial charge in [-0.15, -0.1) is 0 Å². The van der Waals surface area contributed by atoms with Crippen molar-refractivity contribution in [2.75, 3.05) is 7.11 Å². The van der Waals surface area contributed by atoms with Crippen LogP contribution in [0.5, 0.6) is 11.5 Å². The summed E-state index contributed by atoms with van der Waals surface area (Å²) in [6.07, 6.45) is 9.60. The van der Waals surface area contributed by atoms with E-state index in [1.807, 2.05) is 98.8 Å². The lowest BCUT2D eigenvalue weighted by Crippen LogP contribution is -2.30. The van der Waals surface area contributed by atoms with Crippen LogP contribution in [0.15, 0.2) is 91.2 Å². The molecule has 0 atom stereocenters. The first kappa shape index (κ1) is 28.3. The van der Waals surface area contributed by atoms with Crippen LogP contribution in [-0.2, 0) is 15.1 Å². The smallest absolute Gasteiger partial charge is 0.514 e. The topological polar surface area (TPSA) is 74.2 Å². The fourth-order valence-electron chi connectivity index (χ4n) is 3.42. The maximum absolute atomic E-state index is 12.4. The quantitative estimate of drug-likeness (QED) is 0.0967. The number of carbonyl (C=O) groups is 1. The lowest BCUT2D eigenvalue weighted by Gasteiger charge is -2.25. The van der Waals surface area contributed by atoms with Gasteiger partial charge in [0.2, 0.25) is 5.79 Å². The number of hydrogen-bond acceptors (Lipinski definition) is 6. The minimum absolute atomic E-state index is 0.390. The van der Waals surface area contributed by atoms with Crippen LogP contribution in [0.3, 0.4) is 0 Å². The van der Waals surface area contributed by atoms with Gasteiger partial charge in [0.05, 0.1) is 6.26 Å². The Morgan fingerprint density at radius 3 is 1.68 bits per heavy atom. The molecule has 0 spiro atoms. The van der Waals surface area contributed by atoms with Gasteiger partial charge in [0.1, 0.15) is 17.1 Å². The third-order valence-corrected chi connectivity index (χ3v) is 5.72. The normalized spacial score (nSPS) is 12.3. The number of aliphatic hydroxyl groups excluding tert-OH is 1. The van der Waals surface area contributed by atoms with E-state index in [0.29, 0.717) is 5.75 Å². The Hall–Kier alpha value is -4.29. The van der Waals surface area contributed by atoms with Crippen LogP contribution in [-0.4, -0.2) is 24.2 Å². The standard InChI is InChI=1S/C32H34O6/c1-31(2,27-16-10-26(11-17-27)22-23-33)38-30(34)36-28-18-12-24(13-19-28)8-6-7-9-25-14-20-29(21-15-25)37-32(3,4)35-5/h6-23,33H,1-5H3. The highest BCUT2D eigenvalue weighted by Gasteiger charge is 2.26. The number of aliphatic hydroxyl groups is 1. The van der Waals surface area contributed by atoms with Gasteiger partial charge in [-0.3, -0.25) is 0 Å². The van der Waals surface area contributed by atoms with E-state index in [4.69, 9.17) is 24.1 Å². The van der Waals surface area contributed by atoms with Crippen molar-refractivity contribution < 1.29 is 28.8 Å². The zero-order valence-electron chi connectivity index (χ0n) is 22.4. The van der Waals surface area contributed by atoms with Crippen molar-refractivity contribution in [2.45, 2.75) is 39.1 Å². The summed E-state index contributed by atoms with van der Waals surface area (Å²) in [7, 11) is 1.61. The minimum atomic E-state index is -0.887. The van der Waals surface area contributed by atoms with Crippen LogP contribution < -0.4 is 9.47 Å². The number of benzene rings is 3. The zero-order valence-corrected chi connectivity index (χ0v) is 22.4. The molecule has 3 rings (SSSR count). The van der Waals surface area contributed by atoms with Gasteiger partial charge in [0, 0.05) is 21.0 Å². The highest BCUT2D eigenvalue weighted by atomic mass is 16.7. The molecule has 1 N–H and O–H groups in total.